The Bertz CT molecular complexity index is 745. The van der Waals surface area contributed by atoms with Crippen molar-refractivity contribution < 1.29 is 9.13 Å². The average Bonchev–Trinajstić information content (AvgIpc) is 2.39. The van der Waals surface area contributed by atoms with E-state index in [9.17, 15) is 4.39 Å². The Morgan fingerprint density at radius 2 is 1.74 bits per heavy atom. The van der Waals surface area contributed by atoms with Gasteiger partial charge in [0, 0.05) is 10.5 Å². The number of benzene rings is 2. The molecule has 4 heteroatoms. The molecule has 2 nitrogen and oxygen atoms in total. The van der Waals surface area contributed by atoms with Gasteiger partial charge in [-0.15, -0.1) is 0 Å². The van der Waals surface area contributed by atoms with Crippen LogP contribution in [0.3, 0.4) is 0 Å². The van der Waals surface area contributed by atoms with Gasteiger partial charge in [0.15, 0.2) is 0 Å². The Kier molecular flexibility index (Phi) is 3.17. The average molecular weight is 318 g/mol. The molecular formula is C15H9BrFNO. The third-order valence-corrected chi connectivity index (χ3v) is 3.18. The van der Waals surface area contributed by atoms with Crippen molar-refractivity contribution in [3.05, 3.63) is 65.0 Å². The molecule has 0 spiro atoms. The largest absolute Gasteiger partial charge is 0.439 e. The first-order valence-corrected chi connectivity index (χ1v) is 6.50. The molecule has 0 unspecified atom stereocenters. The van der Waals surface area contributed by atoms with E-state index in [1.54, 1.807) is 12.1 Å². The van der Waals surface area contributed by atoms with Crippen LogP contribution in [0.15, 0.2) is 59.1 Å². The molecule has 0 aliphatic rings. The van der Waals surface area contributed by atoms with E-state index in [1.165, 1.54) is 6.07 Å². The summed E-state index contributed by atoms with van der Waals surface area (Å²) in [6, 6.07) is 16.1. The number of hydrogen-bond donors (Lipinski definition) is 0. The normalized spacial score (nSPS) is 10.6. The molecule has 0 fully saturated rings. The molecule has 0 saturated carbocycles. The zero-order valence-electron chi connectivity index (χ0n) is 9.81. The van der Waals surface area contributed by atoms with E-state index in [2.05, 4.69) is 20.9 Å². The second-order valence-electron chi connectivity index (χ2n) is 4.05. The topological polar surface area (TPSA) is 22.1 Å². The molecule has 2 aromatic carbocycles. The van der Waals surface area contributed by atoms with Gasteiger partial charge in [-0.25, -0.2) is 0 Å². The Morgan fingerprint density at radius 3 is 2.58 bits per heavy atom. The van der Waals surface area contributed by atoms with Crippen LogP contribution in [0.4, 0.5) is 4.39 Å². The number of ether oxygens (including phenoxy) is 1. The van der Waals surface area contributed by atoms with E-state index in [1.807, 2.05) is 36.4 Å². The first-order valence-electron chi connectivity index (χ1n) is 5.70. The molecule has 0 atom stereocenters. The number of hydrogen-bond acceptors (Lipinski definition) is 2. The van der Waals surface area contributed by atoms with Gasteiger partial charge in [0.2, 0.25) is 11.8 Å². The van der Waals surface area contributed by atoms with Gasteiger partial charge in [-0.3, -0.25) is 0 Å². The van der Waals surface area contributed by atoms with E-state index in [4.69, 9.17) is 4.74 Å². The summed E-state index contributed by atoms with van der Waals surface area (Å²) in [5.74, 6) is 0.326. The molecule has 0 amide bonds. The molecular weight excluding hydrogens is 309 g/mol. The highest BCUT2D eigenvalue weighted by Crippen LogP contribution is 2.26. The van der Waals surface area contributed by atoms with Gasteiger partial charge in [0.05, 0.1) is 0 Å². The summed E-state index contributed by atoms with van der Waals surface area (Å²) in [5.41, 5.74) is 0. The van der Waals surface area contributed by atoms with Crippen LogP contribution in [0.25, 0.3) is 10.8 Å². The van der Waals surface area contributed by atoms with Crippen molar-refractivity contribution in [3.63, 3.8) is 0 Å². The monoisotopic (exact) mass is 317 g/mol. The van der Waals surface area contributed by atoms with Crippen LogP contribution in [0.1, 0.15) is 0 Å². The Balaban J connectivity index is 1.95. The van der Waals surface area contributed by atoms with E-state index in [0.717, 1.165) is 15.2 Å². The second-order valence-corrected chi connectivity index (χ2v) is 4.97. The number of aromatic nitrogens is 1. The predicted octanol–water partition coefficient (Wildman–Crippen LogP) is 4.93. The molecule has 0 N–H and O–H groups in total. The lowest BCUT2D eigenvalue weighted by Gasteiger charge is -2.06. The van der Waals surface area contributed by atoms with E-state index in [0.29, 0.717) is 5.75 Å². The highest BCUT2D eigenvalue weighted by Gasteiger charge is 2.02. The number of rotatable bonds is 2. The van der Waals surface area contributed by atoms with Crippen molar-refractivity contribution in [2.45, 2.75) is 0 Å². The summed E-state index contributed by atoms with van der Waals surface area (Å²) in [6.45, 7) is 0. The van der Waals surface area contributed by atoms with Gasteiger partial charge in [-0.1, -0.05) is 34.1 Å². The molecule has 0 aliphatic carbocycles. The van der Waals surface area contributed by atoms with Crippen LogP contribution >= 0.6 is 15.9 Å². The minimum atomic E-state index is -0.554. The maximum Gasteiger partial charge on any atom is 0.221 e. The maximum atomic E-state index is 13.0. The third kappa shape index (κ3) is 2.74. The van der Waals surface area contributed by atoms with Crippen molar-refractivity contribution in [3.8, 4) is 11.6 Å². The molecule has 1 aromatic heterocycles. The molecule has 0 aliphatic heterocycles. The molecule has 0 bridgehead atoms. The Hall–Kier alpha value is -1.94. The highest BCUT2D eigenvalue weighted by molar-refractivity contribution is 9.10. The van der Waals surface area contributed by atoms with Crippen LogP contribution in [0.5, 0.6) is 11.6 Å². The highest BCUT2D eigenvalue weighted by atomic mass is 79.9. The van der Waals surface area contributed by atoms with Crippen LogP contribution in [-0.2, 0) is 0 Å². The summed E-state index contributed by atoms with van der Waals surface area (Å²) in [6.07, 6.45) is 0. The molecule has 94 valence electrons. The summed E-state index contributed by atoms with van der Waals surface area (Å²) < 4.78 is 19.5. The first kappa shape index (κ1) is 12.1. The van der Waals surface area contributed by atoms with Gasteiger partial charge >= 0.3 is 0 Å². The minimum absolute atomic E-state index is 0.247. The van der Waals surface area contributed by atoms with Gasteiger partial charge in [0.25, 0.3) is 0 Å². The van der Waals surface area contributed by atoms with Crippen molar-refractivity contribution >= 4 is 26.7 Å². The first-order chi connectivity index (χ1) is 9.20. The van der Waals surface area contributed by atoms with E-state index in [-0.39, 0.29) is 5.88 Å². The Labute approximate surface area is 118 Å². The van der Waals surface area contributed by atoms with Crippen molar-refractivity contribution in [1.29, 1.82) is 0 Å². The van der Waals surface area contributed by atoms with Crippen LogP contribution in [0, 0.1) is 5.95 Å². The minimum Gasteiger partial charge on any atom is -0.439 e. The number of fused-ring (bicyclic) bond motifs is 1. The quantitative estimate of drug-likeness (QED) is 0.625. The summed E-state index contributed by atoms with van der Waals surface area (Å²) in [4.78, 5) is 3.67. The van der Waals surface area contributed by atoms with Crippen LogP contribution in [-0.4, -0.2) is 4.98 Å². The fourth-order valence-electron chi connectivity index (χ4n) is 1.83. The molecule has 3 rings (SSSR count). The second kappa shape index (κ2) is 4.97. The predicted molar refractivity (Wildman–Crippen MR) is 75.9 cm³/mol. The van der Waals surface area contributed by atoms with Gasteiger partial charge in [-0.2, -0.15) is 9.37 Å². The Morgan fingerprint density at radius 1 is 0.947 bits per heavy atom. The molecule has 0 radical (unpaired) electrons. The lowest BCUT2D eigenvalue weighted by Crippen LogP contribution is -1.89. The van der Waals surface area contributed by atoms with Crippen molar-refractivity contribution in [2.75, 3.05) is 0 Å². The number of nitrogens with zero attached hydrogens (tertiary/aromatic N) is 1. The fourth-order valence-corrected chi connectivity index (χ4v) is 2.20. The zero-order chi connectivity index (χ0) is 13.2. The van der Waals surface area contributed by atoms with Crippen LogP contribution < -0.4 is 4.74 Å². The summed E-state index contributed by atoms with van der Waals surface area (Å²) in [5, 5.41) is 2.16. The standard InChI is InChI=1S/C15H9BrFNO/c16-12-6-4-11-9-13(7-5-10(11)8-12)19-15-3-1-2-14(17)18-15/h1-9H. The fraction of sp³-hybridized carbons (Fsp3) is 0. The van der Waals surface area contributed by atoms with Gasteiger partial charge in [0.1, 0.15) is 5.75 Å². The lowest BCUT2D eigenvalue weighted by atomic mass is 10.1. The number of pyridine rings is 1. The lowest BCUT2D eigenvalue weighted by molar-refractivity contribution is 0.446. The zero-order valence-corrected chi connectivity index (χ0v) is 11.4. The number of halogens is 2. The maximum absolute atomic E-state index is 13.0. The molecule has 0 saturated heterocycles. The van der Waals surface area contributed by atoms with E-state index < -0.39 is 5.95 Å². The van der Waals surface area contributed by atoms with E-state index >= 15 is 0 Å². The van der Waals surface area contributed by atoms with Crippen molar-refractivity contribution in [1.82, 2.24) is 4.98 Å². The smallest absolute Gasteiger partial charge is 0.221 e. The van der Waals surface area contributed by atoms with Crippen LogP contribution in [0.2, 0.25) is 0 Å². The molecule has 3 aromatic rings. The summed E-state index contributed by atoms with van der Waals surface area (Å²) in [7, 11) is 0. The van der Waals surface area contributed by atoms with Crippen molar-refractivity contribution in [2.24, 2.45) is 0 Å². The molecule has 19 heavy (non-hydrogen) atoms. The summed E-state index contributed by atoms with van der Waals surface area (Å²) >= 11 is 3.43. The SMILES string of the molecule is Fc1cccc(Oc2ccc3cc(Br)ccc3c2)n1. The third-order valence-electron chi connectivity index (χ3n) is 2.69. The van der Waals surface area contributed by atoms with Gasteiger partial charge < -0.3 is 4.74 Å². The van der Waals surface area contributed by atoms with Gasteiger partial charge in [-0.05, 0) is 41.1 Å². The molecule has 1 heterocycles.